The van der Waals surface area contributed by atoms with E-state index in [-0.39, 0.29) is 24.2 Å². The molecule has 1 saturated carbocycles. The summed E-state index contributed by atoms with van der Waals surface area (Å²) >= 11 is 0. The zero-order valence-electron chi connectivity index (χ0n) is 9.06. The number of piperidine rings is 1. The molecule has 0 amide bonds. The van der Waals surface area contributed by atoms with E-state index in [1.165, 1.54) is 6.08 Å². The second-order valence-electron chi connectivity index (χ2n) is 4.33. The van der Waals surface area contributed by atoms with Gasteiger partial charge < -0.3 is 10.5 Å². The third kappa shape index (κ3) is 1.68. The predicted octanol–water partition coefficient (Wildman–Crippen LogP) is 0.136. The molecule has 2 fully saturated rings. The molecule has 0 unspecified atom stereocenters. The fraction of sp³-hybridized carbons (Fsp3) is 0.727. The molecule has 2 N–H and O–H groups in total. The SMILES string of the molecule is C=CC(=O)O[C@H]1C[C@@H]2CN(CC)[C@H]1[C@@H]2N. The minimum atomic E-state index is -0.337. The van der Waals surface area contributed by atoms with Crippen LogP contribution in [0.3, 0.4) is 0 Å². The molecule has 1 heterocycles. The van der Waals surface area contributed by atoms with Gasteiger partial charge in [0.2, 0.25) is 0 Å². The standard InChI is InChI=1S/C11H18N2O2/c1-3-9(14)15-8-5-7-6-13(4-2)11(8)10(7)12/h3,7-8,10-11H,1,4-6,12H2,2H3/t7-,8+,10-,11-/m1/s1. The highest BCUT2D eigenvalue weighted by Crippen LogP contribution is 2.38. The van der Waals surface area contributed by atoms with E-state index in [1.807, 2.05) is 0 Å². The molecule has 0 aromatic rings. The number of nitrogens with zero attached hydrogens (tertiary/aromatic N) is 1. The third-order valence-corrected chi connectivity index (χ3v) is 3.59. The van der Waals surface area contributed by atoms with Crippen molar-refractivity contribution in [2.24, 2.45) is 11.7 Å². The third-order valence-electron chi connectivity index (χ3n) is 3.59. The minimum absolute atomic E-state index is 0.0378. The van der Waals surface area contributed by atoms with E-state index < -0.39 is 0 Å². The van der Waals surface area contributed by atoms with E-state index >= 15 is 0 Å². The molecule has 0 aromatic carbocycles. The van der Waals surface area contributed by atoms with Gasteiger partial charge in [-0.1, -0.05) is 13.5 Å². The monoisotopic (exact) mass is 210 g/mol. The van der Waals surface area contributed by atoms with Crippen LogP contribution < -0.4 is 5.73 Å². The van der Waals surface area contributed by atoms with Gasteiger partial charge in [-0.15, -0.1) is 0 Å². The highest BCUT2D eigenvalue weighted by Gasteiger charge is 2.51. The van der Waals surface area contributed by atoms with Gasteiger partial charge in [0, 0.05) is 18.7 Å². The van der Waals surface area contributed by atoms with Crippen molar-refractivity contribution in [3.05, 3.63) is 12.7 Å². The van der Waals surface area contributed by atoms with Gasteiger partial charge in [0.05, 0.1) is 6.04 Å². The number of nitrogens with two attached hydrogens (primary N) is 1. The number of likely N-dealkylation sites (N-methyl/N-ethyl adjacent to an activating group) is 1. The lowest BCUT2D eigenvalue weighted by Crippen LogP contribution is -2.46. The quantitative estimate of drug-likeness (QED) is 0.531. The number of carbonyl (C=O) groups is 1. The first-order valence-electron chi connectivity index (χ1n) is 5.50. The van der Waals surface area contributed by atoms with Gasteiger partial charge in [-0.05, 0) is 18.9 Å². The summed E-state index contributed by atoms with van der Waals surface area (Å²) in [5.74, 6) is 0.147. The van der Waals surface area contributed by atoms with Crippen LogP contribution in [-0.4, -0.2) is 42.1 Å². The van der Waals surface area contributed by atoms with Gasteiger partial charge in [0.15, 0.2) is 0 Å². The lowest BCUT2D eigenvalue weighted by Gasteiger charge is -2.31. The van der Waals surface area contributed by atoms with Gasteiger partial charge in [-0.2, -0.15) is 0 Å². The van der Waals surface area contributed by atoms with Crippen molar-refractivity contribution in [2.45, 2.75) is 31.5 Å². The van der Waals surface area contributed by atoms with Gasteiger partial charge in [-0.3, -0.25) is 4.90 Å². The molecular formula is C11H18N2O2. The molecule has 4 nitrogen and oxygen atoms in total. The Bertz CT molecular complexity index is 280. The summed E-state index contributed by atoms with van der Waals surface area (Å²) in [5.41, 5.74) is 6.10. The second kappa shape index (κ2) is 3.94. The molecule has 0 radical (unpaired) electrons. The first-order chi connectivity index (χ1) is 7.17. The van der Waals surface area contributed by atoms with E-state index in [9.17, 15) is 4.79 Å². The van der Waals surface area contributed by atoms with E-state index in [2.05, 4.69) is 18.4 Å². The van der Waals surface area contributed by atoms with Gasteiger partial charge in [0.1, 0.15) is 6.10 Å². The van der Waals surface area contributed by atoms with Crippen molar-refractivity contribution in [3.8, 4) is 0 Å². The van der Waals surface area contributed by atoms with Gasteiger partial charge >= 0.3 is 5.97 Å². The average molecular weight is 210 g/mol. The lowest BCUT2D eigenvalue weighted by atomic mass is 10.1. The van der Waals surface area contributed by atoms with E-state index in [4.69, 9.17) is 10.5 Å². The summed E-state index contributed by atoms with van der Waals surface area (Å²) in [7, 11) is 0. The Kier molecular flexibility index (Phi) is 2.80. The van der Waals surface area contributed by atoms with Crippen LogP contribution in [0.4, 0.5) is 0 Å². The molecule has 1 aliphatic heterocycles. The Balaban J connectivity index is 2.04. The van der Waals surface area contributed by atoms with Gasteiger partial charge in [0.25, 0.3) is 0 Å². The Morgan fingerprint density at radius 3 is 3.00 bits per heavy atom. The average Bonchev–Trinajstić information content (AvgIpc) is 2.70. The van der Waals surface area contributed by atoms with Crippen LogP contribution >= 0.6 is 0 Å². The highest BCUT2D eigenvalue weighted by molar-refractivity contribution is 5.81. The fourth-order valence-corrected chi connectivity index (χ4v) is 2.87. The number of fused-ring (bicyclic) bond motifs is 2. The number of carbonyl (C=O) groups excluding carboxylic acids is 1. The first-order valence-corrected chi connectivity index (χ1v) is 5.50. The molecule has 1 saturated heterocycles. The van der Waals surface area contributed by atoms with Crippen molar-refractivity contribution in [3.63, 3.8) is 0 Å². The summed E-state index contributed by atoms with van der Waals surface area (Å²) in [6, 6.07) is 0.372. The first kappa shape index (κ1) is 10.6. The molecule has 2 rings (SSSR count). The molecule has 2 aliphatic rings. The Hall–Kier alpha value is -0.870. The van der Waals surface area contributed by atoms with Crippen molar-refractivity contribution < 1.29 is 9.53 Å². The Morgan fingerprint density at radius 2 is 2.47 bits per heavy atom. The van der Waals surface area contributed by atoms with Crippen LogP contribution in [0.1, 0.15) is 13.3 Å². The smallest absolute Gasteiger partial charge is 0.330 e. The number of hydrogen-bond acceptors (Lipinski definition) is 4. The van der Waals surface area contributed by atoms with E-state index in [0.717, 1.165) is 19.5 Å². The van der Waals surface area contributed by atoms with Crippen LogP contribution in [0, 0.1) is 5.92 Å². The van der Waals surface area contributed by atoms with Gasteiger partial charge in [-0.25, -0.2) is 4.79 Å². The highest BCUT2D eigenvalue weighted by atomic mass is 16.5. The molecule has 2 bridgehead atoms. The van der Waals surface area contributed by atoms with E-state index in [0.29, 0.717) is 5.92 Å². The number of hydrogen-bond donors (Lipinski definition) is 1. The van der Waals surface area contributed by atoms with Crippen LogP contribution in [0.25, 0.3) is 0 Å². The molecule has 15 heavy (non-hydrogen) atoms. The molecule has 84 valence electrons. The molecule has 0 spiro atoms. The largest absolute Gasteiger partial charge is 0.457 e. The maximum Gasteiger partial charge on any atom is 0.330 e. The molecule has 4 heteroatoms. The Morgan fingerprint density at radius 1 is 1.73 bits per heavy atom. The zero-order chi connectivity index (χ0) is 11.0. The summed E-state index contributed by atoms with van der Waals surface area (Å²) in [6.07, 6.45) is 2.08. The number of likely N-dealkylation sites (tertiary alicyclic amines) is 1. The van der Waals surface area contributed by atoms with Crippen molar-refractivity contribution in [1.82, 2.24) is 4.90 Å². The zero-order valence-corrected chi connectivity index (χ0v) is 9.06. The topological polar surface area (TPSA) is 55.6 Å². The van der Waals surface area contributed by atoms with Crippen molar-refractivity contribution in [1.29, 1.82) is 0 Å². The number of ether oxygens (including phenoxy) is 1. The normalized spacial score (nSPS) is 39.3. The fourth-order valence-electron chi connectivity index (χ4n) is 2.87. The molecule has 0 aromatic heterocycles. The van der Waals surface area contributed by atoms with Crippen LogP contribution in [0.15, 0.2) is 12.7 Å². The summed E-state index contributed by atoms with van der Waals surface area (Å²) in [5, 5.41) is 0. The maximum absolute atomic E-state index is 11.1. The lowest BCUT2D eigenvalue weighted by molar-refractivity contribution is -0.146. The minimum Gasteiger partial charge on any atom is -0.457 e. The molecule has 4 atom stereocenters. The second-order valence-corrected chi connectivity index (χ2v) is 4.33. The Labute approximate surface area is 90.1 Å². The predicted molar refractivity (Wildman–Crippen MR) is 57.2 cm³/mol. The summed E-state index contributed by atoms with van der Waals surface area (Å²) < 4.78 is 5.32. The summed E-state index contributed by atoms with van der Waals surface area (Å²) in [6.45, 7) is 7.53. The molecule has 1 aliphatic carbocycles. The van der Waals surface area contributed by atoms with Crippen LogP contribution in [0.5, 0.6) is 0 Å². The van der Waals surface area contributed by atoms with Crippen LogP contribution in [0.2, 0.25) is 0 Å². The van der Waals surface area contributed by atoms with Crippen molar-refractivity contribution in [2.75, 3.05) is 13.1 Å². The van der Waals surface area contributed by atoms with Crippen molar-refractivity contribution >= 4 is 5.97 Å². The van der Waals surface area contributed by atoms with E-state index in [1.54, 1.807) is 0 Å². The van der Waals surface area contributed by atoms with Crippen LogP contribution in [-0.2, 0) is 9.53 Å². The summed E-state index contributed by atoms with van der Waals surface area (Å²) in [4.78, 5) is 13.5. The molecular weight excluding hydrogens is 192 g/mol. The number of rotatable bonds is 3. The maximum atomic E-state index is 11.1. The number of esters is 1.